The molecule has 0 saturated heterocycles. The molecule has 2 heterocycles. The molecule has 1 aromatic carbocycles. The first-order valence-corrected chi connectivity index (χ1v) is 10.6. The Morgan fingerprint density at radius 2 is 1.86 bits per heavy atom. The summed E-state index contributed by atoms with van der Waals surface area (Å²) in [5.74, 6) is 1.28. The maximum absolute atomic E-state index is 12.9. The molecule has 4 rings (SSSR count). The lowest BCUT2D eigenvalue weighted by Gasteiger charge is -2.29. The normalized spacial score (nSPS) is 19.6. The molecule has 0 spiro atoms. The van der Waals surface area contributed by atoms with Crippen molar-refractivity contribution in [3.8, 4) is 17.4 Å². The number of fused-ring (bicyclic) bond motifs is 1. The summed E-state index contributed by atoms with van der Waals surface area (Å²) in [6, 6.07) is 3.68. The van der Waals surface area contributed by atoms with Crippen LogP contribution in [0.15, 0.2) is 16.9 Å². The molecule has 2 aliphatic rings. The van der Waals surface area contributed by atoms with Crippen molar-refractivity contribution in [1.29, 1.82) is 0 Å². The highest BCUT2D eigenvalue weighted by Gasteiger charge is 2.34. The van der Waals surface area contributed by atoms with Crippen molar-refractivity contribution in [2.24, 2.45) is 0 Å². The molecule has 7 nitrogen and oxygen atoms in total. The van der Waals surface area contributed by atoms with Gasteiger partial charge in [-0.15, -0.1) is 0 Å². The van der Waals surface area contributed by atoms with E-state index in [0.717, 1.165) is 49.8 Å². The molecule has 4 N–H and O–H groups in total. The Morgan fingerprint density at radius 1 is 1.17 bits per heavy atom. The van der Waals surface area contributed by atoms with Crippen LogP contribution >= 0.6 is 12.2 Å². The van der Waals surface area contributed by atoms with Crippen LogP contribution in [-0.2, 0) is 6.42 Å². The predicted molar refractivity (Wildman–Crippen MR) is 112 cm³/mol. The third-order valence-corrected chi connectivity index (χ3v) is 6.50. The average molecular weight is 419 g/mol. The van der Waals surface area contributed by atoms with Crippen molar-refractivity contribution in [2.75, 3.05) is 20.8 Å². The smallest absolute Gasteiger partial charge is 0.265 e. The first-order chi connectivity index (χ1) is 14.0. The number of nitrogens with zero attached hydrogens (tertiary/aromatic N) is 1. The zero-order chi connectivity index (χ0) is 20.5. The Morgan fingerprint density at radius 3 is 2.55 bits per heavy atom. The zero-order valence-electron chi connectivity index (χ0n) is 16.9. The summed E-state index contributed by atoms with van der Waals surface area (Å²) in [6.07, 6.45) is 6.19. The molecule has 1 fully saturated rings. The maximum atomic E-state index is 12.9. The summed E-state index contributed by atoms with van der Waals surface area (Å²) >= 11 is 5.42. The molecule has 1 aromatic heterocycles. The van der Waals surface area contributed by atoms with Gasteiger partial charge < -0.3 is 19.9 Å². The van der Waals surface area contributed by atoms with E-state index in [1.807, 2.05) is 12.1 Å². The zero-order valence-corrected chi connectivity index (χ0v) is 17.7. The van der Waals surface area contributed by atoms with Crippen LogP contribution in [-0.4, -0.2) is 35.4 Å². The van der Waals surface area contributed by atoms with Crippen molar-refractivity contribution >= 4 is 12.2 Å². The number of H-pyrrole nitrogens is 1. The number of aromatic amines is 1. The van der Waals surface area contributed by atoms with Crippen molar-refractivity contribution in [2.45, 2.75) is 50.6 Å². The fourth-order valence-electron chi connectivity index (χ4n) is 4.76. The Bertz CT molecular complexity index is 1020. The van der Waals surface area contributed by atoms with Crippen molar-refractivity contribution in [3.05, 3.63) is 43.9 Å². The van der Waals surface area contributed by atoms with Crippen molar-refractivity contribution in [3.63, 3.8) is 0 Å². The third kappa shape index (κ3) is 3.55. The van der Waals surface area contributed by atoms with E-state index in [0.29, 0.717) is 21.8 Å². The average Bonchev–Trinajstić information content (AvgIpc) is 2.73. The summed E-state index contributed by atoms with van der Waals surface area (Å²) in [5.41, 5.74) is 2.09. The lowest BCUT2D eigenvalue weighted by molar-refractivity contribution is -0.690. The number of nitrogens with one attached hydrogen (secondary N) is 1. The van der Waals surface area contributed by atoms with Crippen LogP contribution in [0.5, 0.6) is 17.4 Å². The molecule has 1 saturated carbocycles. The molecule has 2 aromatic rings. The number of quaternary nitrogens is 1. The Hall–Kier alpha value is -2.32. The Kier molecular flexibility index (Phi) is 5.65. The van der Waals surface area contributed by atoms with Gasteiger partial charge in [-0.2, -0.15) is 0 Å². The van der Waals surface area contributed by atoms with Crippen molar-refractivity contribution < 1.29 is 19.9 Å². The molecule has 0 amide bonds. The van der Waals surface area contributed by atoms with Crippen LogP contribution in [0.3, 0.4) is 0 Å². The molecular formula is C21H28N3O4S+. The van der Waals surface area contributed by atoms with Crippen LogP contribution in [0, 0.1) is 4.77 Å². The van der Waals surface area contributed by atoms with E-state index >= 15 is 0 Å². The van der Waals surface area contributed by atoms with Gasteiger partial charge in [-0.25, -0.2) is 0 Å². The van der Waals surface area contributed by atoms with Gasteiger partial charge in [-0.1, -0.05) is 19.3 Å². The van der Waals surface area contributed by atoms with E-state index in [-0.39, 0.29) is 23.5 Å². The van der Waals surface area contributed by atoms with E-state index in [9.17, 15) is 9.90 Å². The summed E-state index contributed by atoms with van der Waals surface area (Å²) in [4.78, 5) is 15.7. The van der Waals surface area contributed by atoms with E-state index in [2.05, 4.69) is 10.3 Å². The van der Waals surface area contributed by atoms with Crippen molar-refractivity contribution in [1.82, 2.24) is 9.55 Å². The van der Waals surface area contributed by atoms with Gasteiger partial charge in [-0.3, -0.25) is 14.3 Å². The van der Waals surface area contributed by atoms with Crippen LogP contribution in [0.25, 0.3) is 0 Å². The number of rotatable bonds is 4. The lowest BCUT2D eigenvalue weighted by atomic mass is 9.89. The number of aromatic hydroxyl groups is 1. The van der Waals surface area contributed by atoms with Gasteiger partial charge in [-0.05, 0) is 42.8 Å². The number of benzene rings is 1. The first-order valence-electron chi connectivity index (χ1n) is 10.2. The van der Waals surface area contributed by atoms with Crippen LogP contribution < -0.4 is 20.3 Å². The molecule has 156 valence electrons. The summed E-state index contributed by atoms with van der Waals surface area (Å²) in [6.45, 7) is 0.811. The number of hydrogen-bond acceptors (Lipinski definition) is 5. The molecule has 1 aliphatic heterocycles. The van der Waals surface area contributed by atoms with E-state index in [1.54, 1.807) is 18.8 Å². The number of aromatic nitrogens is 2. The van der Waals surface area contributed by atoms with Crippen LogP contribution in [0.4, 0.5) is 0 Å². The van der Waals surface area contributed by atoms with Gasteiger partial charge in [0.15, 0.2) is 16.3 Å². The van der Waals surface area contributed by atoms with Gasteiger partial charge in [0.25, 0.3) is 5.56 Å². The second-order valence-electron chi connectivity index (χ2n) is 7.82. The molecule has 8 heteroatoms. The molecule has 1 aliphatic carbocycles. The van der Waals surface area contributed by atoms with Gasteiger partial charge >= 0.3 is 0 Å². The molecular weight excluding hydrogens is 390 g/mol. The Labute approximate surface area is 174 Å². The van der Waals surface area contributed by atoms with Gasteiger partial charge in [0.05, 0.1) is 20.8 Å². The first kappa shape index (κ1) is 20.0. The Balaban J connectivity index is 1.86. The fourth-order valence-corrected chi connectivity index (χ4v) is 5.09. The van der Waals surface area contributed by atoms with E-state index < -0.39 is 0 Å². The summed E-state index contributed by atoms with van der Waals surface area (Å²) < 4.78 is 13.0. The molecule has 0 radical (unpaired) electrons. The second kappa shape index (κ2) is 8.20. The molecule has 0 unspecified atom stereocenters. The number of hydrogen-bond donors (Lipinski definition) is 3. The fraction of sp³-hybridized carbons (Fsp3) is 0.524. The minimum atomic E-state index is -0.330. The minimum absolute atomic E-state index is 0.00506. The van der Waals surface area contributed by atoms with Gasteiger partial charge in [0.1, 0.15) is 11.6 Å². The topological polar surface area (TPSA) is 93.1 Å². The van der Waals surface area contributed by atoms with E-state index in [4.69, 9.17) is 21.7 Å². The highest BCUT2D eigenvalue weighted by atomic mass is 32.1. The monoisotopic (exact) mass is 418 g/mol. The number of methoxy groups -OCH3 is 2. The predicted octanol–water partition coefficient (Wildman–Crippen LogP) is 2.34. The quantitative estimate of drug-likeness (QED) is 0.663. The lowest BCUT2D eigenvalue weighted by Crippen LogP contribution is -2.87. The van der Waals surface area contributed by atoms with Gasteiger partial charge in [0, 0.05) is 18.0 Å². The maximum Gasteiger partial charge on any atom is 0.265 e. The summed E-state index contributed by atoms with van der Waals surface area (Å²) in [5, 5.41) is 13.3. The second-order valence-corrected chi connectivity index (χ2v) is 8.20. The molecule has 0 bridgehead atoms. The number of ether oxygens (including phenoxy) is 2. The standard InChI is InChI=1S/C21H27N3O4S/c1-27-15-10-12-8-9-22-18(14(12)11-16(15)28-2)17-19(25)23-21(29)24(20(17)26)13-6-4-3-5-7-13/h10-11,13,18,22,26H,3-9H2,1-2H3,(H,23,25,29)/p+1/t18-/m0/s1. The minimum Gasteiger partial charge on any atom is -0.494 e. The summed E-state index contributed by atoms with van der Waals surface area (Å²) in [7, 11) is 3.21. The van der Waals surface area contributed by atoms with Crippen LogP contribution in [0.2, 0.25) is 0 Å². The van der Waals surface area contributed by atoms with Gasteiger partial charge in [0.2, 0.25) is 5.88 Å². The largest absolute Gasteiger partial charge is 0.494 e. The highest BCUT2D eigenvalue weighted by Crippen LogP contribution is 2.38. The molecule has 29 heavy (non-hydrogen) atoms. The highest BCUT2D eigenvalue weighted by molar-refractivity contribution is 7.71. The van der Waals surface area contributed by atoms with E-state index in [1.165, 1.54) is 6.42 Å². The SMILES string of the molecule is COc1cc2c(cc1OC)[C@@H](c1c(O)n(C3CCCCC3)c(=S)[nH]c1=O)[NH2+]CC2. The molecule has 1 atom stereocenters. The third-order valence-electron chi connectivity index (χ3n) is 6.20. The number of nitrogens with two attached hydrogens (primary N) is 1. The van der Waals surface area contributed by atoms with Crippen LogP contribution in [0.1, 0.15) is 60.9 Å².